The van der Waals surface area contributed by atoms with E-state index < -0.39 is 129 Å². The largest absolute Gasteiger partial charge is 0.775 e. The highest BCUT2D eigenvalue weighted by Crippen LogP contribution is 2.63. The second kappa shape index (κ2) is 20.2. The van der Waals surface area contributed by atoms with Crippen molar-refractivity contribution in [2.45, 2.75) is 73.6 Å². The number of nitrogens with one attached hydrogen (secondary N) is 2. The highest BCUT2D eigenvalue weighted by Gasteiger charge is 2.50. The van der Waals surface area contributed by atoms with E-state index in [0.717, 1.165) is 39.8 Å². The molecule has 3 saturated heterocycles. The molecular weight excluding hydrogens is 1100 g/mol. The first-order valence-corrected chi connectivity index (χ1v) is 27.1. The lowest BCUT2D eigenvalue weighted by atomic mass is 10.1. The molecule has 12 N–H and O–H groups in total. The molecule has 38 nitrogen and oxygen atoms in total. The first kappa shape index (κ1) is 54.4. The normalized spacial score (nSPS) is 30.6. The molecule has 0 radical (unpaired) electrons. The summed E-state index contributed by atoms with van der Waals surface area (Å²) in [7, 11) is -21.9. The van der Waals surface area contributed by atoms with Crippen LogP contribution in [0.1, 0.15) is 18.7 Å². The third-order valence-corrected chi connectivity index (χ3v) is 16.8. The van der Waals surface area contributed by atoms with Gasteiger partial charge in [-0.1, -0.05) is 4.98 Å². The molecule has 0 spiro atoms. The Labute approximate surface area is 415 Å². The van der Waals surface area contributed by atoms with Crippen LogP contribution in [0.4, 0.5) is 17.7 Å². The molecule has 3 fully saturated rings. The van der Waals surface area contributed by atoms with Crippen molar-refractivity contribution in [1.82, 2.24) is 53.6 Å². The van der Waals surface area contributed by atoms with E-state index in [0.29, 0.717) is 6.08 Å². The second-order valence-corrected chi connectivity index (χ2v) is 22.5. The summed E-state index contributed by atoms with van der Waals surface area (Å²) in [5.74, 6) is -0.747. The number of H-pyrrole nitrogens is 2. The van der Waals surface area contributed by atoms with E-state index in [1.165, 1.54) is 17.9 Å². The Kier molecular flexibility index (Phi) is 14.7. The number of anilines is 3. The topological polar surface area (TPSA) is 564 Å². The second-order valence-electron chi connectivity index (χ2n) is 16.4. The van der Waals surface area contributed by atoms with Crippen LogP contribution in [-0.2, 0) is 66.4 Å². The van der Waals surface area contributed by atoms with Gasteiger partial charge in [-0.25, -0.2) is 28.8 Å². The number of nitrogen functional groups attached to an aromatic ring is 3. The minimum atomic E-state index is -6.52. The first-order valence-electron chi connectivity index (χ1n) is 21.1. The number of nitrogens with zero attached hydrogens (tertiary/aromatic N) is 10. The maximum absolute atomic E-state index is 13.5. The number of nitrogens with two attached hydrogens (primary N) is 3. The summed E-state index contributed by atoms with van der Waals surface area (Å²) in [5.41, 5.74) is 15.2. The van der Waals surface area contributed by atoms with Gasteiger partial charge in [-0.2, -0.15) is 4.98 Å². The molecule has 7 unspecified atom stereocenters. The minimum absolute atomic E-state index is 0.0161. The van der Waals surface area contributed by atoms with Gasteiger partial charge < -0.3 is 94.3 Å². The summed E-state index contributed by atoms with van der Waals surface area (Å²) in [4.78, 5) is 105. The van der Waals surface area contributed by atoms with Gasteiger partial charge in [0.25, 0.3) is 40.5 Å². The smallest absolute Gasteiger partial charge is 0.313 e. The van der Waals surface area contributed by atoms with E-state index in [-0.39, 0.29) is 57.0 Å². The Morgan fingerprint density at radius 2 is 1.37 bits per heavy atom. The van der Waals surface area contributed by atoms with Crippen molar-refractivity contribution in [2.75, 3.05) is 37.5 Å². The van der Waals surface area contributed by atoms with Gasteiger partial charge in [-0.15, -0.1) is 0 Å². The summed E-state index contributed by atoms with van der Waals surface area (Å²) in [5, 5.41) is 43.1. The van der Waals surface area contributed by atoms with Crippen LogP contribution in [0.5, 0.6) is 0 Å². The highest BCUT2D eigenvalue weighted by molar-refractivity contribution is 7.68. The van der Waals surface area contributed by atoms with E-state index in [2.05, 4.69) is 53.0 Å². The Bertz CT molecular complexity index is 3520. The molecule has 0 bridgehead atoms. The molecule has 408 valence electrons. The van der Waals surface area contributed by atoms with Crippen molar-refractivity contribution in [2.24, 2.45) is 7.05 Å². The summed E-state index contributed by atoms with van der Waals surface area (Å²) < 4.78 is 102. The molecule has 6 aromatic rings. The van der Waals surface area contributed by atoms with Crippen LogP contribution in [0.15, 0.2) is 46.8 Å². The number of rotatable bonds is 18. The van der Waals surface area contributed by atoms with Crippen molar-refractivity contribution in [3.63, 3.8) is 0 Å². The zero-order valence-electron chi connectivity index (χ0n) is 37.8. The predicted octanol–water partition coefficient (Wildman–Crippen LogP) is -6.66. The van der Waals surface area contributed by atoms with E-state index in [4.69, 9.17) is 45.2 Å². The molecule has 9 heterocycles. The predicted molar refractivity (Wildman–Crippen MR) is 233 cm³/mol. The first-order chi connectivity index (χ1) is 35.2. The summed E-state index contributed by atoms with van der Waals surface area (Å²) in [6, 6.07) is 0. The fourth-order valence-corrected chi connectivity index (χ4v) is 12.8. The summed E-state index contributed by atoms with van der Waals surface area (Å²) >= 11 is 0. The fourth-order valence-electron chi connectivity index (χ4n) is 8.28. The molecule has 9 rings (SSSR count). The Balaban J connectivity index is 0.883. The van der Waals surface area contributed by atoms with Crippen LogP contribution in [-0.4, -0.2) is 149 Å². The number of ether oxygens (including phenoxy) is 4. The zero-order valence-corrected chi connectivity index (χ0v) is 41.4. The van der Waals surface area contributed by atoms with Crippen LogP contribution >= 0.6 is 31.1 Å². The van der Waals surface area contributed by atoms with E-state index in [9.17, 15) is 67.8 Å². The van der Waals surface area contributed by atoms with Crippen molar-refractivity contribution < 1.29 is 104 Å². The number of imidazole rings is 3. The Morgan fingerprint density at radius 3 is 2.08 bits per heavy atom. The summed E-state index contributed by atoms with van der Waals surface area (Å²) in [6.07, 6.45) is -15.9. The monoisotopic (exact) mass is 1140 g/mol. The standard InChI is InChI=1S/C33H43N15O23P4/c1-45-10-48(26-16(45)28(54)44-33(36)42-26)30-20(52)18(50)13(68-30)6-65-74(59,60)71-75(61,62)70-72(55,56)4-3-11-21(22(63-2)31(66-11)46-8-39-14-23(34)37-7-38-24(14)46)69-73(57,58)64-5-12-17(49)19(51)29(67-12)47-9-40-15-25(47)41-32(35)43-27(15)53/h3-4,7-13,17-22,29-31,49-52H,5-6H2,1-2H3,(H11-,34,35,36,37,38,41,42,43,44,53,54,55,56,57,58,59,60,61,62)/p-3/b4-3+/t11-,12-,13-,17?,18?,19+,20+,21+,22?,29-,30-,31-/m1/s1. The van der Waals surface area contributed by atoms with Gasteiger partial charge in [-0.05, 0) is 11.9 Å². The number of aromatic amines is 2. The maximum Gasteiger partial charge on any atom is 0.313 e. The Morgan fingerprint density at radius 1 is 0.747 bits per heavy atom. The number of methoxy groups -OCH3 is 1. The number of aliphatic hydroxyl groups excluding tert-OH is 4. The van der Waals surface area contributed by atoms with Gasteiger partial charge in [0.1, 0.15) is 66.8 Å². The molecule has 3 aliphatic rings. The number of hydrogen-bond acceptors (Lipinski definition) is 32. The molecule has 42 heteroatoms. The van der Waals surface area contributed by atoms with Crippen molar-refractivity contribution in [3.05, 3.63) is 57.9 Å². The molecule has 0 amide bonds. The number of aliphatic hydroxyl groups is 4. The van der Waals surface area contributed by atoms with Gasteiger partial charge in [0.2, 0.25) is 17.7 Å². The molecule has 0 aliphatic carbocycles. The van der Waals surface area contributed by atoms with Crippen LogP contribution in [0.25, 0.3) is 33.5 Å². The average Bonchev–Trinajstić information content (AvgIpc) is 4.17. The van der Waals surface area contributed by atoms with E-state index >= 15 is 0 Å². The van der Waals surface area contributed by atoms with Crippen LogP contribution in [0.3, 0.4) is 0 Å². The molecule has 6 aromatic heterocycles. The lowest BCUT2D eigenvalue weighted by Crippen LogP contribution is -2.46. The summed E-state index contributed by atoms with van der Waals surface area (Å²) in [6.45, 7) is -2.30. The van der Waals surface area contributed by atoms with Crippen LogP contribution < -0.4 is 52.5 Å². The number of aryl methyl sites for hydroxylation is 1. The quantitative estimate of drug-likeness (QED) is 0.0285. The molecule has 75 heavy (non-hydrogen) atoms. The number of hydrogen-bond donors (Lipinski definition) is 9. The lowest BCUT2D eigenvalue weighted by molar-refractivity contribution is -0.745. The molecule has 16 atom stereocenters. The van der Waals surface area contributed by atoms with Gasteiger partial charge in [0.15, 0.2) is 49.0 Å². The number of aromatic nitrogens is 12. The number of phosphoric ester groups is 2. The SMILES string of the molecule is COC1[C@@H](OP(=O)([O-])OC[C@H]2O[C@@H](n3cnc4c(=O)[nH]c(N)nc43)[C@@H](O)C2O)[C@@H](/C=C/P(=O)([O-])OP(=O)([O-])OP(=O)([O-])OC[C@H]2O[C@@H]([n+]3cn(C)c4c(=O)[nH]c(N)nc43)[C@@H](O)C2O)O[C@H]1n1cnc2c(N)ncnc21. The zero-order chi connectivity index (χ0) is 54.3. The third-order valence-electron chi connectivity index (χ3n) is 11.5. The number of phosphoric acid groups is 3. The average molecular weight is 1140 g/mol. The van der Waals surface area contributed by atoms with Crippen molar-refractivity contribution in [1.29, 1.82) is 0 Å². The van der Waals surface area contributed by atoms with E-state index in [1.54, 1.807) is 0 Å². The number of fused-ring (bicyclic) bond motifs is 3. The minimum Gasteiger partial charge on any atom is -0.775 e. The van der Waals surface area contributed by atoms with Crippen molar-refractivity contribution >= 4 is 82.3 Å². The van der Waals surface area contributed by atoms with Gasteiger partial charge >= 0.3 is 5.65 Å². The highest BCUT2D eigenvalue weighted by atomic mass is 31.3. The van der Waals surface area contributed by atoms with Crippen LogP contribution in [0.2, 0.25) is 0 Å². The van der Waals surface area contributed by atoms with Crippen LogP contribution in [0, 0.1) is 0 Å². The van der Waals surface area contributed by atoms with E-state index in [1.807, 2.05) is 0 Å². The molecule has 0 aromatic carbocycles. The third kappa shape index (κ3) is 10.8. The molecule has 0 saturated carbocycles. The molecule has 3 aliphatic heterocycles. The lowest BCUT2D eigenvalue weighted by Gasteiger charge is -2.34. The fraction of sp³-hybridized carbons (Fsp3) is 0.485. The van der Waals surface area contributed by atoms with Gasteiger partial charge in [0.05, 0.1) is 32.9 Å². The van der Waals surface area contributed by atoms with Gasteiger partial charge in [0, 0.05) is 7.11 Å². The maximum atomic E-state index is 13.5. The van der Waals surface area contributed by atoms with Crippen molar-refractivity contribution in [3.8, 4) is 0 Å². The molecular formula is C33H40N15O23P4-3. The van der Waals surface area contributed by atoms with Gasteiger partial charge in [-0.3, -0.25) is 51.3 Å². The Hall–Kier alpha value is -5.37.